The Morgan fingerprint density at radius 2 is 1.73 bits per heavy atom. The highest BCUT2D eigenvalue weighted by Gasteiger charge is 2.33. The van der Waals surface area contributed by atoms with Gasteiger partial charge in [-0.3, -0.25) is 4.79 Å². The van der Waals surface area contributed by atoms with Crippen LogP contribution in [-0.2, 0) is 15.7 Å². The molecule has 2 aromatic rings. The van der Waals surface area contributed by atoms with Gasteiger partial charge in [0.05, 0.1) is 24.3 Å². The van der Waals surface area contributed by atoms with Gasteiger partial charge in [0.25, 0.3) is 0 Å². The zero-order valence-corrected chi connectivity index (χ0v) is 17.7. The lowest BCUT2D eigenvalue weighted by Crippen LogP contribution is -2.22. The number of anilines is 1. The van der Waals surface area contributed by atoms with Crippen molar-refractivity contribution in [1.82, 2.24) is 0 Å². The van der Waals surface area contributed by atoms with Crippen molar-refractivity contribution in [2.24, 2.45) is 5.92 Å². The van der Waals surface area contributed by atoms with Crippen LogP contribution in [0, 0.1) is 5.92 Å². The van der Waals surface area contributed by atoms with E-state index in [0.29, 0.717) is 12.0 Å². The van der Waals surface area contributed by atoms with Crippen LogP contribution in [0.1, 0.15) is 42.7 Å². The van der Waals surface area contributed by atoms with Crippen molar-refractivity contribution in [2.45, 2.75) is 44.0 Å². The van der Waals surface area contributed by atoms with Crippen LogP contribution in [0.25, 0.3) is 11.1 Å². The molecule has 0 saturated heterocycles. The summed E-state index contributed by atoms with van der Waals surface area (Å²) < 4.78 is 86.9. The first-order chi connectivity index (χ1) is 15.4. The summed E-state index contributed by atoms with van der Waals surface area (Å²) in [7, 11) is 1.21. The number of rotatable bonds is 7. The second kappa shape index (κ2) is 9.52. The number of halogens is 6. The van der Waals surface area contributed by atoms with Gasteiger partial charge in [-0.15, -0.1) is 0 Å². The van der Waals surface area contributed by atoms with Crippen LogP contribution in [0.4, 0.5) is 32.0 Å². The van der Waals surface area contributed by atoms with Crippen LogP contribution in [0.5, 0.6) is 5.75 Å². The fourth-order valence-electron chi connectivity index (χ4n) is 3.78. The van der Waals surface area contributed by atoms with Crippen LogP contribution in [0.15, 0.2) is 36.4 Å². The Morgan fingerprint density at radius 1 is 1.09 bits per heavy atom. The molecule has 1 atom stereocenters. The quantitative estimate of drug-likeness (QED) is 0.288. The largest absolute Gasteiger partial charge is 0.482 e. The molecule has 0 aliphatic heterocycles. The molecule has 0 spiro atoms. The van der Waals surface area contributed by atoms with Crippen LogP contribution in [0.2, 0.25) is 0 Å². The van der Waals surface area contributed by atoms with E-state index in [1.807, 2.05) is 0 Å². The topological polar surface area (TPSA) is 61.5 Å². The third-order valence-electron chi connectivity index (χ3n) is 5.76. The summed E-state index contributed by atoms with van der Waals surface area (Å²) in [6.07, 6.45) is -5.88. The maximum atomic E-state index is 12.9. The van der Waals surface area contributed by atoms with Crippen molar-refractivity contribution in [1.29, 1.82) is 0 Å². The minimum atomic E-state index is -4.63. The van der Waals surface area contributed by atoms with E-state index < -0.39 is 36.4 Å². The van der Waals surface area contributed by atoms with Crippen molar-refractivity contribution >= 4 is 11.7 Å². The van der Waals surface area contributed by atoms with Crippen molar-refractivity contribution in [3.05, 3.63) is 47.5 Å². The average Bonchev–Trinajstić information content (AvgIpc) is 2.71. The zero-order valence-electron chi connectivity index (χ0n) is 17.7. The van der Waals surface area contributed by atoms with Gasteiger partial charge in [0.2, 0.25) is 0 Å². The van der Waals surface area contributed by atoms with Gasteiger partial charge in [-0.05, 0) is 47.7 Å². The van der Waals surface area contributed by atoms with Crippen molar-refractivity contribution in [3.8, 4) is 16.9 Å². The van der Waals surface area contributed by atoms with E-state index in [2.05, 4.69) is 0 Å². The minimum Gasteiger partial charge on any atom is -0.482 e. The normalized spacial score (nSPS) is 15.6. The van der Waals surface area contributed by atoms with Gasteiger partial charge in [0.15, 0.2) is 6.61 Å². The standard InChI is InChI=1S/C23H23F6NO3/c1-32-21(31)18(9-13-3-2-4-13)15-10-17(14-5-7-16(8-6-14)23(27,28)29)20(30)19(11-15)33-12-22(24,25)26/h5-8,10-11,13,18H,2-4,9,12,30H2,1H3. The van der Waals surface area contributed by atoms with Crippen molar-refractivity contribution < 1.29 is 40.6 Å². The fraction of sp³-hybridized carbons (Fsp3) is 0.435. The van der Waals surface area contributed by atoms with E-state index >= 15 is 0 Å². The van der Waals surface area contributed by atoms with Gasteiger partial charge in [-0.25, -0.2) is 0 Å². The highest BCUT2D eigenvalue weighted by Crippen LogP contribution is 2.42. The molecule has 0 heterocycles. The van der Waals surface area contributed by atoms with Gasteiger partial charge in [-0.1, -0.05) is 31.4 Å². The summed E-state index contributed by atoms with van der Waals surface area (Å²) in [4.78, 5) is 12.5. The van der Waals surface area contributed by atoms with Crippen molar-refractivity contribution in [2.75, 3.05) is 19.5 Å². The van der Waals surface area contributed by atoms with Crippen LogP contribution in [-0.4, -0.2) is 25.9 Å². The summed E-state index contributed by atoms with van der Waals surface area (Å²) in [5, 5.41) is 0. The van der Waals surface area contributed by atoms with Gasteiger partial charge >= 0.3 is 18.3 Å². The van der Waals surface area contributed by atoms with Gasteiger partial charge in [-0.2, -0.15) is 26.3 Å². The van der Waals surface area contributed by atoms with Gasteiger partial charge in [0.1, 0.15) is 5.75 Å². The third-order valence-corrected chi connectivity index (χ3v) is 5.76. The molecule has 33 heavy (non-hydrogen) atoms. The summed E-state index contributed by atoms with van der Waals surface area (Å²) in [6.45, 7) is -1.61. The predicted octanol–water partition coefficient (Wildman–Crippen LogP) is 6.34. The van der Waals surface area contributed by atoms with Gasteiger partial charge < -0.3 is 15.2 Å². The fourth-order valence-corrected chi connectivity index (χ4v) is 3.78. The number of nitrogens with two attached hydrogens (primary N) is 1. The molecule has 0 aromatic heterocycles. The second-order valence-electron chi connectivity index (χ2n) is 8.07. The van der Waals surface area contributed by atoms with E-state index in [4.69, 9.17) is 15.2 Å². The number of hydrogen-bond acceptors (Lipinski definition) is 4. The molecule has 0 amide bonds. The highest BCUT2D eigenvalue weighted by molar-refractivity contribution is 5.85. The monoisotopic (exact) mass is 475 g/mol. The predicted molar refractivity (Wildman–Crippen MR) is 110 cm³/mol. The Bertz CT molecular complexity index is 981. The van der Waals surface area contributed by atoms with E-state index in [9.17, 15) is 31.1 Å². The smallest absolute Gasteiger partial charge is 0.422 e. The molecular weight excluding hydrogens is 452 g/mol. The lowest BCUT2D eigenvalue weighted by atomic mass is 9.77. The average molecular weight is 475 g/mol. The first-order valence-electron chi connectivity index (χ1n) is 10.3. The number of hydrogen-bond donors (Lipinski definition) is 1. The van der Waals surface area contributed by atoms with E-state index in [1.54, 1.807) is 0 Å². The molecule has 0 bridgehead atoms. The number of benzene rings is 2. The summed E-state index contributed by atoms with van der Waals surface area (Å²) in [6, 6.07) is 6.82. The number of ether oxygens (including phenoxy) is 2. The Kier molecular flexibility index (Phi) is 7.14. The molecule has 0 radical (unpaired) electrons. The molecule has 2 aromatic carbocycles. The van der Waals surface area contributed by atoms with Crippen LogP contribution < -0.4 is 10.5 Å². The molecule has 1 aliphatic carbocycles. The van der Waals surface area contributed by atoms with Crippen LogP contribution >= 0.6 is 0 Å². The maximum Gasteiger partial charge on any atom is 0.422 e. The SMILES string of the molecule is COC(=O)C(CC1CCC1)c1cc(OCC(F)(F)F)c(N)c(-c2ccc(C(F)(F)F)cc2)c1. The maximum absolute atomic E-state index is 12.9. The van der Waals surface area contributed by atoms with E-state index in [0.717, 1.165) is 31.4 Å². The van der Waals surface area contributed by atoms with Crippen molar-refractivity contribution in [3.63, 3.8) is 0 Å². The van der Waals surface area contributed by atoms with Crippen LogP contribution in [0.3, 0.4) is 0 Å². The summed E-state index contributed by atoms with van der Waals surface area (Å²) >= 11 is 0. The molecular formula is C23H23F6NO3. The number of carbonyl (C=O) groups excluding carboxylic acids is 1. The molecule has 2 N–H and O–H groups in total. The Hall–Kier alpha value is -2.91. The van der Waals surface area contributed by atoms with E-state index in [-0.39, 0.29) is 28.5 Å². The Morgan fingerprint density at radius 3 is 2.21 bits per heavy atom. The molecule has 3 rings (SSSR count). The number of alkyl halides is 6. The number of methoxy groups -OCH3 is 1. The molecule has 4 nitrogen and oxygen atoms in total. The molecule has 1 aliphatic rings. The number of carbonyl (C=O) groups is 1. The van der Waals surface area contributed by atoms with Gasteiger partial charge in [0, 0.05) is 5.56 Å². The molecule has 1 fully saturated rings. The number of esters is 1. The Balaban J connectivity index is 2.07. The number of nitrogen functional groups attached to an aromatic ring is 1. The molecule has 1 saturated carbocycles. The van der Waals surface area contributed by atoms with E-state index in [1.165, 1.54) is 31.4 Å². The summed E-state index contributed by atoms with van der Waals surface area (Å²) in [5.41, 5.74) is 5.74. The second-order valence-corrected chi connectivity index (χ2v) is 8.07. The minimum absolute atomic E-state index is 0.168. The first kappa shape index (κ1) is 24.7. The lowest BCUT2D eigenvalue weighted by Gasteiger charge is -2.29. The zero-order chi connectivity index (χ0) is 24.4. The molecule has 180 valence electrons. The summed E-state index contributed by atoms with van der Waals surface area (Å²) in [5.74, 6) is -1.38. The third kappa shape index (κ3) is 6.11. The first-order valence-corrected chi connectivity index (χ1v) is 10.3. The highest BCUT2D eigenvalue weighted by atomic mass is 19.4. The lowest BCUT2D eigenvalue weighted by molar-refractivity contribution is -0.153. The molecule has 10 heteroatoms. The Labute approximate surface area is 186 Å². The molecule has 1 unspecified atom stereocenters.